The molecule has 1 aliphatic rings. The van der Waals surface area contributed by atoms with Crippen LogP contribution in [0.4, 0.5) is 5.69 Å². The summed E-state index contributed by atoms with van der Waals surface area (Å²) in [5.41, 5.74) is 1.34. The molecule has 0 spiro atoms. The Labute approximate surface area is 126 Å². The van der Waals surface area contributed by atoms with Crippen molar-refractivity contribution in [1.82, 2.24) is 20.3 Å². The minimum atomic E-state index is -0.482. The Bertz CT molecular complexity index is 668. The van der Waals surface area contributed by atoms with E-state index in [4.69, 9.17) is 11.6 Å². The molecule has 21 heavy (non-hydrogen) atoms. The summed E-state index contributed by atoms with van der Waals surface area (Å²) in [5, 5.41) is 22.4. The Balaban J connectivity index is 1.71. The second kappa shape index (κ2) is 5.79. The first-order chi connectivity index (χ1) is 10.1. The highest BCUT2D eigenvalue weighted by Crippen LogP contribution is 2.27. The molecule has 0 bridgehead atoms. The van der Waals surface area contributed by atoms with Crippen LogP contribution in [0.1, 0.15) is 18.5 Å². The molecule has 0 unspecified atom stereocenters. The number of non-ortho nitro benzene ring substituents is 1. The summed E-state index contributed by atoms with van der Waals surface area (Å²) in [7, 11) is 0. The first-order valence-electron chi connectivity index (χ1n) is 6.70. The number of benzene rings is 1. The van der Waals surface area contributed by atoms with Gasteiger partial charge in [0.2, 0.25) is 0 Å². The summed E-state index contributed by atoms with van der Waals surface area (Å²) in [6, 6.07) is 4.27. The van der Waals surface area contributed by atoms with E-state index in [1.165, 1.54) is 29.7 Å². The molecule has 1 aromatic carbocycles. The van der Waals surface area contributed by atoms with E-state index in [1.807, 2.05) is 0 Å². The lowest BCUT2D eigenvalue weighted by molar-refractivity contribution is -0.384. The van der Waals surface area contributed by atoms with Crippen molar-refractivity contribution in [3.8, 4) is 5.69 Å². The average Bonchev–Trinajstić information content (AvgIpc) is 3.16. The van der Waals surface area contributed by atoms with Crippen LogP contribution < -0.4 is 5.32 Å². The predicted molar refractivity (Wildman–Crippen MR) is 77.5 cm³/mol. The van der Waals surface area contributed by atoms with Crippen LogP contribution in [0.25, 0.3) is 5.69 Å². The number of halogens is 1. The number of hydrogen-bond donors (Lipinski definition) is 1. The molecule has 1 N–H and O–H groups in total. The van der Waals surface area contributed by atoms with Crippen molar-refractivity contribution in [3.63, 3.8) is 0 Å². The van der Waals surface area contributed by atoms with Crippen LogP contribution in [0.5, 0.6) is 0 Å². The second-order valence-electron chi connectivity index (χ2n) is 5.12. The maximum atomic E-state index is 10.7. The minimum absolute atomic E-state index is 0.0461. The SMILES string of the molecule is O=[N+]([O-])c1ccc(-n2cc(CNCC3CC3)nn2)c(Cl)c1. The molecule has 8 heteroatoms. The van der Waals surface area contributed by atoms with E-state index in [1.54, 1.807) is 12.3 Å². The molecule has 7 nitrogen and oxygen atoms in total. The monoisotopic (exact) mass is 307 g/mol. The van der Waals surface area contributed by atoms with Crippen LogP contribution >= 0.6 is 11.6 Å². The number of rotatable bonds is 6. The van der Waals surface area contributed by atoms with Crippen LogP contribution in [0.3, 0.4) is 0 Å². The molecular weight excluding hydrogens is 294 g/mol. The van der Waals surface area contributed by atoms with Gasteiger partial charge >= 0.3 is 0 Å². The van der Waals surface area contributed by atoms with E-state index in [-0.39, 0.29) is 10.7 Å². The summed E-state index contributed by atoms with van der Waals surface area (Å²) < 4.78 is 1.53. The number of hydrogen-bond acceptors (Lipinski definition) is 5. The van der Waals surface area contributed by atoms with Gasteiger partial charge in [-0.15, -0.1) is 5.10 Å². The third-order valence-electron chi connectivity index (χ3n) is 3.37. The van der Waals surface area contributed by atoms with Crippen LogP contribution in [0.15, 0.2) is 24.4 Å². The van der Waals surface area contributed by atoms with Gasteiger partial charge in [-0.25, -0.2) is 4.68 Å². The van der Waals surface area contributed by atoms with Crippen molar-refractivity contribution in [2.45, 2.75) is 19.4 Å². The highest BCUT2D eigenvalue weighted by atomic mass is 35.5. The van der Waals surface area contributed by atoms with Gasteiger partial charge in [-0.05, 0) is 31.4 Å². The van der Waals surface area contributed by atoms with Gasteiger partial charge in [-0.2, -0.15) is 0 Å². The Morgan fingerprint density at radius 3 is 2.95 bits per heavy atom. The zero-order valence-electron chi connectivity index (χ0n) is 11.2. The number of aromatic nitrogens is 3. The maximum absolute atomic E-state index is 10.7. The normalized spacial score (nSPS) is 14.3. The maximum Gasteiger partial charge on any atom is 0.271 e. The molecule has 0 aliphatic heterocycles. The topological polar surface area (TPSA) is 85.9 Å². The van der Waals surface area contributed by atoms with E-state index in [2.05, 4.69) is 15.6 Å². The van der Waals surface area contributed by atoms with Gasteiger partial charge in [-0.1, -0.05) is 16.8 Å². The molecule has 1 aromatic heterocycles. The third-order valence-corrected chi connectivity index (χ3v) is 3.67. The fourth-order valence-electron chi connectivity index (χ4n) is 2.02. The van der Waals surface area contributed by atoms with Crippen molar-refractivity contribution in [3.05, 3.63) is 45.2 Å². The molecule has 0 saturated heterocycles. The molecular formula is C13H14ClN5O2. The summed E-state index contributed by atoms with van der Waals surface area (Å²) in [6.07, 6.45) is 4.38. The quantitative estimate of drug-likeness (QED) is 0.654. The lowest BCUT2D eigenvalue weighted by Crippen LogP contribution is -2.16. The molecule has 1 heterocycles. The summed E-state index contributed by atoms with van der Waals surface area (Å²) in [4.78, 5) is 10.2. The second-order valence-corrected chi connectivity index (χ2v) is 5.53. The average molecular weight is 308 g/mol. The first-order valence-corrected chi connectivity index (χ1v) is 7.07. The van der Waals surface area contributed by atoms with Crippen molar-refractivity contribution >= 4 is 17.3 Å². The Kier molecular flexibility index (Phi) is 3.85. The number of nitrogens with zero attached hydrogens (tertiary/aromatic N) is 4. The molecule has 2 aromatic rings. The van der Waals surface area contributed by atoms with Crippen molar-refractivity contribution in [2.75, 3.05) is 6.54 Å². The summed E-state index contributed by atoms with van der Waals surface area (Å²) in [5.74, 6) is 0.809. The molecule has 1 saturated carbocycles. The van der Waals surface area contributed by atoms with Gasteiger partial charge in [0.25, 0.3) is 5.69 Å². The van der Waals surface area contributed by atoms with Gasteiger partial charge in [0.05, 0.1) is 27.5 Å². The Hall–Kier alpha value is -1.99. The third kappa shape index (κ3) is 3.37. The largest absolute Gasteiger partial charge is 0.311 e. The van der Waals surface area contributed by atoms with E-state index >= 15 is 0 Å². The number of nitrogens with one attached hydrogen (secondary N) is 1. The Morgan fingerprint density at radius 2 is 2.29 bits per heavy atom. The summed E-state index contributed by atoms with van der Waals surface area (Å²) in [6.45, 7) is 1.66. The predicted octanol–water partition coefficient (Wildman–Crippen LogP) is 2.33. The van der Waals surface area contributed by atoms with Gasteiger partial charge in [0.1, 0.15) is 0 Å². The zero-order valence-corrected chi connectivity index (χ0v) is 12.0. The molecule has 110 valence electrons. The van der Waals surface area contributed by atoms with Crippen molar-refractivity contribution < 1.29 is 4.92 Å². The summed E-state index contributed by atoms with van der Waals surface area (Å²) >= 11 is 6.06. The van der Waals surface area contributed by atoms with Crippen LogP contribution in [0, 0.1) is 16.0 Å². The van der Waals surface area contributed by atoms with Crippen LogP contribution in [0.2, 0.25) is 5.02 Å². The van der Waals surface area contributed by atoms with E-state index in [9.17, 15) is 10.1 Å². The fraction of sp³-hybridized carbons (Fsp3) is 0.385. The van der Waals surface area contributed by atoms with Gasteiger partial charge in [0.15, 0.2) is 0 Å². The van der Waals surface area contributed by atoms with Crippen LogP contribution in [-0.2, 0) is 6.54 Å². The fourth-order valence-corrected chi connectivity index (χ4v) is 2.28. The van der Waals surface area contributed by atoms with Crippen molar-refractivity contribution in [2.24, 2.45) is 5.92 Å². The highest BCUT2D eigenvalue weighted by Gasteiger charge is 2.20. The minimum Gasteiger partial charge on any atom is -0.311 e. The molecule has 1 fully saturated rings. The molecule has 3 rings (SSSR count). The van der Waals surface area contributed by atoms with Gasteiger partial charge < -0.3 is 5.32 Å². The number of nitro groups is 1. The standard InChI is InChI=1S/C13H14ClN5O2/c14-12-5-11(19(20)21)3-4-13(12)18-8-10(16-17-18)7-15-6-9-1-2-9/h3-5,8-9,15H,1-2,6-7H2. The molecule has 0 amide bonds. The smallest absolute Gasteiger partial charge is 0.271 e. The van der Waals surface area contributed by atoms with E-state index < -0.39 is 4.92 Å². The first kappa shape index (κ1) is 14.0. The lowest BCUT2D eigenvalue weighted by Gasteiger charge is -2.02. The molecule has 1 aliphatic carbocycles. The van der Waals surface area contributed by atoms with Crippen molar-refractivity contribution in [1.29, 1.82) is 0 Å². The van der Waals surface area contributed by atoms with E-state index in [0.717, 1.165) is 18.2 Å². The molecule has 0 atom stereocenters. The highest BCUT2D eigenvalue weighted by molar-refractivity contribution is 6.32. The van der Waals surface area contributed by atoms with Gasteiger partial charge in [-0.3, -0.25) is 10.1 Å². The lowest BCUT2D eigenvalue weighted by atomic mass is 10.3. The number of nitro benzene ring substituents is 1. The zero-order chi connectivity index (χ0) is 14.8. The molecule has 0 radical (unpaired) electrons. The Morgan fingerprint density at radius 1 is 1.48 bits per heavy atom. The van der Waals surface area contributed by atoms with Crippen LogP contribution in [-0.4, -0.2) is 26.5 Å². The van der Waals surface area contributed by atoms with E-state index in [0.29, 0.717) is 12.2 Å². The van der Waals surface area contributed by atoms with Gasteiger partial charge in [0, 0.05) is 18.7 Å².